The first kappa shape index (κ1) is 17.6. The number of amides is 2. The van der Waals surface area contributed by atoms with Crippen LogP contribution in [0.3, 0.4) is 0 Å². The average molecular weight is 359 g/mol. The number of carbonyl (C=O) groups is 1. The molecule has 1 unspecified atom stereocenters. The van der Waals surface area contributed by atoms with Gasteiger partial charge < -0.3 is 15.0 Å². The number of methoxy groups -OCH3 is 1. The second-order valence-corrected chi connectivity index (χ2v) is 6.88. The number of nitrogens with zero attached hydrogens (tertiary/aromatic N) is 1. The molecule has 4 nitrogen and oxygen atoms in total. The monoisotopic (exact) mass is 358 g/mol. The molecule has 0 aliphatic heterocycles. The van der Waals surface area contributed by atoms with Gasteiger partial charge >= 0.3 is 6.03 Å². The van der Waals surface area contributed by atoms with Gasteiger partial charge in [0.05, 0.1) is 12.1 Å². The molecule has 132 valence electrons. The van der Waals surface area contributed by atoms with E-state index >= 15 is 0 Å². The molecule has 0 spiro atoms. The van der Waals surface area contributed by atoms with Crippen LogP contribution in [0.4, 0.5) is 10.5 Å². The van der Waals surface area contributed by atoms with Crippen molar-refractivity contribution in [3.8, 4) is 5.75 Å². The van der Waals surface area contributed by atoms with Gasteiger partial charge in [0.15, 0.2) is 0 Å². The number of ether oxygens (including phenoxy) is 1. The van der Waals surface area contributed by atoms with Crippen molar-refractivity contribution in [2.24, 2.45) is 5.92 Å². The van der Waals surface area contributed by atoms with E-state index in [9.17, 15) is 4.79 Å². The maximum absolute atomic E-state index is 12.9. The summed E-state index contributed by atoms with van der Waals surface area (Å²) in [4.78, 5) is 14.8. The van der Waals surface area contributed by atoms with Gasteiger partial charge in [-0.05, 0) is 49.4 Å². The first-order valence-electron chi connectivity index (χ1n) is 8.53. The van der Waals surface area contributed by atoms with Gasteiger partial charge in [0.25, 0.3) is 0 Å². The number of carbonyl (C=O) groups excluding carboxylic acids is 1. The van der Waals surface area contributed by atoms with E-state index in [1.165, 1.54) is 12.8 Å². The summed E-state index contributed by atoms with van der Waals surface area (Å²) in [6.45, 7) is 2.72. The summed E-state index contributed by atoms with van der Waals surface area (Å²) >= 11 is 6.16. The first-order chi connectivity index (χ1) is 12.1. The van der Waals surface area contributed by atoms with Gasteiger partial charge in [-0.2, -0.15) is 0 Å². The summed E-state index contributed by atoms with van der Waals surface area (Å²) in [5.74, 6) is 1.18. The number of halogens is 1. The summed E-state index contributed by atoms with van der Waals surface area (Å²) in [5, 5.41) is 3.44. The fourth-order valence-corrected chi connectivity index (χ4v) is 3.21. The molecule has 2 amide bonds. The molecule has 1 saturated carbocycles. The standard InChI is InChI=1S/C20H23ClN2O2/c1-14(16-8-9-16)23(13-15-6-4-3-5-7-15)20(24)22-17-10-11-19(25-2)18(21)12-17/h3-7,10-12,14,16H,8-9,13H2,1-2H3,(H,22,24). The molecular formula is C20H23ClN2O2. The predicted octanol–water partition coefficient (Wildman–Crippen LogP) is 5.18. The van der Waals surface area contributed by atoms with Crippen molar-refractivity contribution in [3.05, 3.63) is 59.1 Å². The van der Waals surface area contributed by atoms with E-state index in [1.807, 2.05) is 35.2 Å². The largest absolute Gasteiger partial charge is 0.495 e. The Morgan fingerprint density at radius 2 is 2.00 bits per heavy atom. The average Bonchev–Trinajstić information content (AvgIpc) is 3.45. The molecule has 0 radical (unpaired) electrons. The highest BCUT2D eigenvalue weighted by molar-refractivity contribution is 6.32. The maximum atomic E-state index is 12.9. The number of rotatable bonds is 6. The SMILES string of the molecule is COc1ccc(NC(=O)N(Cc2ccccc2)C(C)C2CC2)cc1Cl. The van der Waals surface area contributed by atoms with Gasteiger partial charge in [0.2, 0.25) is 0 Å². The Labute approximate surface area is 153 Å². The molecule has 0 aromatic heterocycles. The van der Waals surface area contributed by atoms with Crippen LogP contribution >= 0.6 is 11.6 Å². The van der Waals surface area contributed by atoms with E-state index in [0.29, 0.717) is 28.9 Å². The highest BCUT2D eigenvalue weighted by atomic mass is 35.5. The Morgan fingerprint density at radius 1 is 1.28 bits per heavy atom. The van der Waals surface area contributed by atoms with Crippen LogP contribution in [0.1, 0.15) is 25.3 Å². The van der Waals surface area contributed by atoms with Crippen LogP contribution in [0.5, 0.6) is 5.75 Å². The Balaban J connectivity index is 1.75. The van der Waals surface area contributed by atoms with Crippen molar-refractivity contribution in [2.45, 2.75) is 32.4 Å². The molecule has 3 rings (SSSR count). The van der Waals surface area contributed by atoms with Crippen LogP contribution in [0.25, 0.3) is 0 Å². The number of benzene rings is 2. The molecule has 1 aliphatic rings. The normalized spacial score (nSPS) is 14.7. The van der Waals surface area contributed by atoms with Crippen LogP contribution in [-0.4, -0.2) is 24.1 Å². The zero-order chi connectivity index (χ0) is 17.8. The van der Waals surface area contributed by atoms with Crippen LogP contribution in [0.15, 0.2) is 48.5 Å². The van der Waals surface area contributed by atoms with Crippen molar-refractivity contribution in [1.29, 1.82) is 0 Å². The third-order valence-electron chi connectivity index (χ3n) is 4.66. The molecule has 0 bridgehead atoms. The van der Waals surface area contributed by atoms with E-state index in [0.717, 1.165) is 5.56 Å². The van der Waals surface area contributed by atoms with E-state index in [4.69, 9.17) is 16.3 Å². The summed E-state index contributed by atoms with van der Waals surface area (Å²) < 4.78 is 5.15. The molecule has 1 aliphatic carbocycles. The summed E-state index contributed by atoms with van der Waals surface area (Å²) in [7, 11) is 1.57. The third-order valence-corrected chi connectivity index (χ3v) is 4.95. The van der Waals surface area contributed by atoms with Crippen LogP contribution in [-0.2, 0) is 6.54 Å². The van der Waals surface area contributed by atoms with Crippen LogP contribution in [0.2, 0.25) is 5.02 Å². The highest BCUT2D eigenvalue weighted by Gasteiger charge is 2.34. The van der Waals surface area contributed by atoms with Crippen molar-refractivity contribution in [3.63, 3.8) is 0 Å². The minimum absolute atomic E-state index is 0.107. The second-order valence-electron chi connectivity index (χ2n) is 6.47. The Morgan fingerprint density at radius 3 is 2.60 bits per heavy atom. The van der Waals surface area contributed by atoms with Gasteiger partial charge in [-0.15, -0.1) is 0 Å². The van der Waals surface area contributed by atoms with E-state index in [2.05, 4.69) is 12.2 Å². The van der Waals surface area contributed by atoms with E-state index in [-0.39, 0.29) is 12.1 Å². The third kappa shape index (κ3) is 4.45. The van der Waals surface area contributed by atoms with Crippen LogP contribution in [0, 0.1) is 5.92 Å². The molecular weight excluding hydrogens is 336 g/mol. The number of anilines is 1. The summed E-state index contributed by atoms with van der Waals surface area (Å²) in [5.41, 5.74) is 1.79. The van der Waals surface area contributed by atoms with E-state index in [1.54, 1.807) is 25.3 Å². The van der Waals surface area contributed by atoms with Crippen LogP contribution < -0.4 is 10.1 Å². The molecule has 5 heteroatoms. The van der Waals surface area contributed by atoms with Gasteiger partial charge in [-0.1, -0.05) is 41.9 Å². The number of hydrogen-bond acceptors (Lipinski definition) is 2. The van der Waals surface area contributed by atoms with Gasteiger partial charge in [-0.3, -0.25) is 0 Å². The predicted molar refractivity (Wildman–Crippen MR) is 101 cm³/mol. The van der Waals surface area contributed by atoms with Gasteiger partial charge in [-0.25, -0.2) is 4.79 Å². The lowest BCUT2D eigenvalue weighted by molar-refractivity contribution is 0.181. The quantitative estimate of drug-likeness (QED) is 0.772. The lowest BCUT2D eigenvalue weighted by Gasteiger charge is -2.30. The molecule has 1 N–H and O–H groups in total. The molecule has 0 saturated heterocycles. The second kappa shape index (κ2) is 7.79. The minimum Gasteiger partial charge on any atom is -0.495 e. The Hall–Kier alpha value is -2.20. The lowest BCUT2D eigenvalue weighted by Crippen LogP contribution is -2.42. The smallest absolute Gasteiger partial charge is 0.322 e. The molecule has 1 atom stereocenters. The zero-order valence-electron chi connectivity index (χ0n) is 14.5. The fraction of sp³-hybridized carbons (Fsp3) is 0.350. The fourth-order valence-electron chi connectivity index (χ4n) is 2.95. The molecule has 0 heterocycles. The van der Waals surface area contributed by atoms with E-state index < -0.39 is 0 Å². The first-order valence-corrected chi connectivity index (χ1v) is 8.91. The summed E-state index contributed by atoms with van der Waals surface area (Å²) in [6.07, 6.45) is 2.38. The van der Waals surface area contributed by atoms with Crippen molar-refractivity contribution in [2.75, 3.05) is 12.4 Å². The highest BCUT2D eigenvalue weighted by Crippen LogP contribution is 2.36. The van der Waals surface area contributed by atoms with Crippen molar-refractivity contribution in [1.82, 2.24) is 4.90 Å². The maximum Gasteiger partial charge on any atom is 0.322 e. The van der Waals surface area contributed by atoms with Crippen molar-refractivity contribution >= 4 is 23.3 Å². The topological polar surface area (TPSA) is 41.6 Å². The van der Waals surface area contributed by atoms with Gasteiger partial charge in [0.1, 0.15) is 5.75 Å². The molecule has 2 aromatic rings. The summed E-state index contributed by atoms with van der Waals surface area (Å²) in [6, 6.07) is 15.4. The minimum atomic E-state index is -0.107. The van der Waals surface area contributed by atoms with Crippen molar-refractivity contribution < 1.29 is 9.53 Å². The number of urea groups is 1. The lowest BCUT2D eigenvalue weighted by atomic mass is 10.1. The Kier molecular flexibility index (Phi) is 5.49. The van der Waals surface area contributed by atoms with Gasteiger partial charge in [0, 0.05) is 18.3 Å². The molecule has 2 aromatic carbocycles. The molecule has 25 heavy (non-hydrogen) atoms. The zero-order valence-corrected chi connectivity index (χ0v) is 15.3. The number of nitrogens with one attached hydrogen (secondary N) is 1. The molecule has 1 fully saturated rings. The number of hydrogen-bond donors (Lipinski definition) is 1. The Bertz CT molecular complexity index is 732.